The van der Waals surface area contributed by atoms with Crippen LogP contribution in [-0.2, 0) is 4.74 Å². The lowest BCUT2D eigenvalue weighted by atomic mass is 10.6. The zero-order valence-electron chi connectivity index (χ0n) is 4.90. The van der Waals surface area contributed by atoms with E-state index in [1.54, 1.807) is 6.92 Å². The quantitative estimate of drug-likeness (QED) is 0.533. The first-order valence-electron chi connectivity index (χ1n) is 2.42. The van der Waals surface area contributed by atoms with E-state index in [4.69, 9.17) is 0 Å². The minimum atomic E-state index is -4.25. The molecule has 0 bridgehead atoms. The van der Waals surface area contributed by atoms with Crippen LogP contribution in [0.5, 0.6) is 0 Å². The minimum absolute atomic E-state index is 0.0521. The monoisotopic (exact) mass is 140 g/mol. The molecule has 0 aliphatic heterocycles. The van der Waals surface area contributed by atoms with Crippen molar-refractivity contribution < 1.29 is 17.9 Å². The summed E-state index contributed by atoms with van der Waals surface area (Å²) >= 11 is 0. The van der Waals surface area contributed by atoms with Crippen molar-refractivity contribution in [3.05, 3.63) is 12.3 Å². The molecule has 0 unspecified atom stereocenters. The molecule has 0 aromatic heterocycles. The van der Waals surface area contributed by atoms with Gasteiger partial charge in [-0.3, -0.25) is 0 Å². The number of halogens is 3. The molecule has 0 aromatic rings. The van der Waals surface area contributed by atoms with Crippen molar-refractivity contribution in [1.29, 1.82) is 0 Å². The fourth-order valence-electron chi connectivity index (χ4n) is 0.221. The molecule has 0 atom stereocenters. The van der Waals surface area contributed by atoms with Crippen molar-refractivity contribution in [2.24, 2.45) is 0 Å². The molecule has 1 nitrogen and oxygen atoms in total. The lowest BCUT2D eigenvalue weighted by Crippen LogP contribution is -2.00. The average Bonchev–Trinajstić information content (AvgIpc) is 1.63. The Morgan fingerprint density at radius 3 is 2.33 bits per heavy atom. The van der Waals surface area contributed by atoms with Crippen LogP contribution in [0.15, 0.2) is 12.3 Å². The van der Waals surface area contributed by atoms with Gasteiger partial charge in [0.15, 0.2) is 0 Å². The third-order valence-corrected chi connectivity index (χ3v) is 0.520. The van der Waals surface area contributed by atoms with Gasteiger partial charge in [0.2, 0.25) is 0 Å². The van der Waals surface area contributed by atoms with Gasteiger partial charge in [-0.15, -0.1) is 0 Å². The van der Waals surface area contributed by atoms with Crippen LogP contribution in [0.2, 0.25) is 0 Å². The lowest BCUT2D eigenvalue weighted by Gasteiger charge is -1.96. The van der Waals surface area contributed by atoms with Crippen molar-refractivity contribution in [3.63, 3.8) is 0 Å². The second kappa shape index (κ2) is 3.37. The van der Waals surface area contributed by atoms with Crippen LogP contribution in [0.25, 0.3) is 0 Å². The normalized spacial score (nSPS) is 12.4. The second-order valence-electron chi connectivity index (χ2n) is 1.30. The SMILES string of the molecule is CCOC=CC(F)(F)F. The van der Waals surface area contributed by atoms with Gasteiger partial charge in [0, 0.05) is 0 Å². The Balaban J connectivity index is 3.45. The molecule has 0 rings (SSSR count). The smallest absolute Gasteiger partial charge is 0.412 e. The predicted octanol–water partition coefficient (Wildman–Crippen LogP) is 2.10. The second-order valence-corrected chi connectivity index (χ2v) is 1.30. The van der Waals surface area contributed by atoms with Crippen molar-refractivity contribution >= 4 is 0 Å². The van der Waals surface area contributed by atoms with Gasteiger partial charge < -0.3 is 4.74 Å². The standard InChI is InChI=1S/C5H7F3O/c1-2-9-4-3-5(6,7)8/h3-4H,2H2,1H3. The van der Waals surface area contributed by atoms with Crippen molar-refractivity contribution in [2.45, 2.75) is 13.1 Å². The van der Waals surface area contributed by atoms with E-state index in [1.165, 1.54) is 0 Å². The van der Waals surface area contributed by atoms with Gasteiger partial charge in [-0.25, -0.2) is 0 Å². The van der Waals surface area contributed by atoms with E-state index >= 15 is 0 Å². The molecule has 54 valence electrons. The highest BCUT2D eigenvalue weighted by Crippen LogP contribution is 2.15. The van der Waals surface area contributed by atoms with E-state index in [9.17, 15) is 13.2 Å². The Morgan fingerprint density at radius 1 is 1.44 bits per heavy atom. The molecule has 0 aromatic carbocycles. The van der Waals surface area contributed by atoms with Crippen LogP contribution in [0.3, 0.4) is 0 Å². The Kier molecular flexibility index (Phi) is 3.12. The van der Waals surface area contributed by atoms with Gasteiger partial charge in [0.1, 0.15) is 0 Å². The van der Waals surface area contributed by atoms with Gasteiger partial charge >= 0.3 is 6.18 Å². The molecular formula is C5H7F3O. The molecule has 0 fully saturated rings. The van der Waals surface area contributed by atoms with Crippen LogP contribution < -0.4 is 0 Å². The van der Waals surface area contributed by atoms with E-state index in [0.717, 1.165) is 0 Å². The number of ether oxygens (including phenoxy) is 1. The van der Waals surface area contributed by atoms with E-state index in [2.05, 4.69) is 4.74 Å². The van der Waals surface area contributed by atoms with Crippen LogP contribution >= 0.6 is 0 Å². The van der Waals surface area contributed by atoms with Gasteiger partial charge in [-0.1, -0.05) is 0 Å². The van der Waals surface area contributed by atoms with E-state index in [0.29, 0.717) is 6.26 Å². The maximum atomic E-state index is 11.2. The van der Waals surface area contributed by atoms with E-state index < -0.39 is 6.18 Å². The average molecular weight is 140 g/mol. The molecule has 0 aliphatic carbocycles. The fraction of sp³-hybridized carbons (Fsp3) is 0.600. The van der Waals surface area contributed by atoms with Crippen molar-refractivity contribution in [1.82, 2.24) is 0 Å². The third kappa shape index (κ3) is 7.33. The molecule has 9 heavy (non-hydrogen) atoms. The molecule has 0 heterocycles. The zero-order chi connectivity index (χ0) is 7.33. The molecule has 0 N–H and O–H groups in total. The van der Waals surface area contributed by atoms with Crippen LogP contribution in [0.1, 0.15) is 6.92 Å². The third-order valence-electron chi connectivity index (χ3n) is 0.520. The van der Waals surface area contributed by atoms with Crippen molar-refractivity contribution in [3.8, 4) is 0 Å². The predicted molar refractivity (Wildman–Crippen MR) is 26.8 cm³/mol. The molecule has 0 aliphatic rings. The summed E-state index contributed by atoms with van der Waals surface area (Å²) < 4.78 is 37.9. The lowest BCUT2D eigenvalue weighted by molar-refractivity contribution is -0.0815. The number of allylic oxidation sites excluding steroid dienone is 1. The number of rotatable bonds is 2. The van der Waals surface area contributed by atoms with Gasteiger partial charge in [-0.2, -0.15) is 13.2 Å². The first-order valence-corrected chi connectivity index (χ1v) is 2.42. The molecule has 0 saturated heterocycles. The highest BCUT2D eigenvalue weighted by atomic mass is 19.4. The highest BCUT2D eigenvalue weighted by Gasteiger charge is 2.21. The summed E-state index contributed by atoms with van der Waals surface area (Å²) in [6.45, 7) is 1.87. The maximum Gasteiger partial charge on any atom is 0.412 e. The summed E-state index contributed by atoms with van der Waals surface area (Å²) in [5.74, 6) is 0. The Labute approximate surface area is 51.1 Å². The van der Waals surface area contributed by atoms with Crippen LogP contribution in [-0.4, -0.2) is 12.8 Å². The molecule has 0 amide bonds. The van der Waals surface area contributed by atoms with Gasteiger partial charge in [0.25, 0.3) is 0 Å². The molecule has 0 saturated carbocycles. The molecule has 0 spiro atoms. The Hall–Kier alpha value is -0.670. The first kappa shape index (κ1) is 8.33. The van der Waals surface area contributed by atoms with E-state index in [-0.39, 0.29) is 12.7 Å². The number of hydrogen-bond acceptors (Lipinski definition) is 1. The Bertz CT molecular complexity index is 94.9. The molecule has 4 heteroatoms. The largest absolute Gasteiger partial charge is 0.501 e. The van der Waals surface area contributed by atoms with Crippen LogP contribution in [0.4, 0.5) is 13.2 Å². The van der Waals surface area contributed by atoms with Crippen LogP contribution in [0, 0.1) is 0 Å². The van der Waals surface area contributed by atoms with E-state index in [1.807, 2.05) is 0 Å². The summed E-state index contributed by atoms with van der Waals surface area (Å²) in [5.41, 5.74) is 0. The first-order chi connectivity index (χ1) is 4.06. The number of hydrogen-bond donors (Lipinski definition) is 0. The molecular weight excluding hydrogens is 133 g/mol. The summed E-state index contributed by atoms with van der Waals surface area (Å²) in [6, 6.07) is 0. The maximum absolute atomic E-state index is 11.2. The minimum Gasteiger partial charge on any atom is -0.501 e. The summed E-state index contributed by atoms with van der Waals surface area (Å²) in [4.78, 5) is 0. The topological polar surface area (TPSA) is 9.23 Å². The summed E-state index contributed by atoms with van der Waals surface area (Å²) in [5, 5.41) is 0. The van der Waals surface area contributed by atoms with Crippen molar-refractivity contribution in [2.75, 3.05) is 6.61 Å². The molecule has 0 radical (unpaired) electrons. The number of alkyl halides is 3. The zero-order valence-corrected chi connectivity index (χ0v) is 4.90. The van der Waals surface area contributed by atoms with Gasteiger partial charge in [0.05, 0.1) is 18.9 Å². The van der Waals surface area contributed by atoms with Gasteiger partial charge in [-0.05, 0) is 6.92 Å². The Morgan fingerprint density at radius 2 is 2.00 bits per heavy atom. The summed E-state index contributed by atoms with van der Waals surface area (Å²) in [6.07, 6.45) is -3.56. The highest BCUT2D eigenvalue weighted by molar-refractivity contribution is 4.81. The summed E-state index contributed by atoms with van der Waals surface area (Å²) in [7, 11) is 0. The fourth-order valence-corrected chi connectivity index (χ4v) is 0.221.